The topological polar surface area (TPSA) is 26.3 Å². The van der Waals surface area contributed by atoms with Crippen molar-refractivity contribution in [1.29, 1.82) is 0 Å². The summed E-state index contributed by atoms with van der Waals surface area (Å²) in [7, 11) is 0. The molecule has 76 valence electrons. The summed E-state index contributed by atoms with van der Waals surface area (Å²) in [6, 6.07) is 0. The van der Waals surface area contributed by atoms with Gasteiger partial charge in [0.15, 0.2) is 0 Å². The minimum atomic E-state index is -0.294. The van der Waals surface area contributed by atoms with Crippen molar-refractivity contribution in [3.63, 3.8) is 0 Å². The molecule has 0 aliphatic heterocycles. The van der Waals surface area contributed by atoms with E-state index < -0.39 is 0 Å². The molecule has 0 fully saturated rings. The zero-order chi connectivity index (χ0) is 10.2. The van der Waals surface area contributed by atoms with Crippen molar-refractivity contribution in [1.82, 2.24) is 0 Å². The van der Waals surface area contributed by atoms with Crippen LogP contribution >= 0.6 is 0 Å². The van der Waals surface area contributed by atoms with E-state index in [1.165, 1.54) is 0 Å². The van der Waals surface area contributed by atoms with Gasteiger partial charge in [0.1, 0.15) is 5.60 Å². The Bertz CT molecular complexity index is 159. The van der Waals surface area contributed by atoms with E-state index in [0.717, 1.165) is 25.7 Å². The van der Waals surface area contributed by atoms with E-state index >= 15 is 0 Å². The Hall–Kier alpha value is -0.790. The molecule has 0 spiro atoms. The largest absolute Gasteiger partial charge is 0.462 e. The van der Waals surface area contributed by atoms with E-state index in [4.69, 9.17) is 4.74 Å². The molecule has 0 heterocycles. The first-order valence-corrected chi connectivity index (χ1v) is 4.85. The summed E-state index contributed by atoms with van der Waals surface area (Å²) in [4.78, 5) is 10.1. The van der Waals surface area contributed by atoms with Gasteiger partial charge >= 0.3 is 0 Å². The van der Waals surface area contributed by atoms with Gasteiger partial charge in [-0.2, -0.15) is 0 Å². The van der Waals surface area contributed by atoms with Gasteiger partial charge in [0, 0.05) is 0 Å². The van der Waals surface area contributed by atoms with Gasteiger partial charge < -0.3 is 4.74 Å². The van der Waals surface area contributed by atoms with E-state index in [0.29, 0.717) is 6.47 Å². The van der Waals surface area contributed by atoms with Gasteiger partial charge in [0.2, 0.25) is 0 Å². The van der Waals surface area contributed by atoms with Crippen LogP contribution in [-0.2, 0) is 9.53 Å². The Morgan fingerprint density at radius 3 is 2.54 bits per heavy atom. The molecule has 2 heteroatoms. The lowest BCUT2D eigenvalue weighted by atomic mass is 10.0. The van der Waals surface area contributed by atoms with Crippen molar-refractivity contribution in [3.05, 3.63) is 12.2 Å². The normalized spacial score (nSPS) is 11.9. The van der Waals surface area contributed by atoms with Crippen LogP contribution in [0.15, 0.2) is 12.2 Å². The number of ether oxygens (including phenoxy) is 1. The zero-order valence-electron chi connectivity index (χ0n) is 8.88. The molecule has 0 aromatic heterocycles. The third-order valence-electron chi connectivity index (χ3n) is 2.00. The molecule has 0 saturated heterocycles. The van der Waals surface area contributed by atoms with Gasteiger partial charge in [-0.15, -0.1) is 0 Å². The van der Waals surface area contributed by atoms with Gasteiger partial charge in [-0.25, -0.2) is 0 Å². The first-order valence-electron chi connectivity index (χ1n) is 4.85. The Labute approximate surface area is 81.0 Å². The van der Waals surface area contributed by atoms with Crippen LogP contribution in [0.4, 0.5) is 0 Å². The molecule has 0 N–H and O–H groups in total. The summed E-state index contributed by atoms with van der Waals surface area (Å²) in [6.45, 7) is 6.44. The fourth-order valence-corrected chi connectivity index (χ4v) is 1.17. The van der Waals surface area contributed by atoms with Crippen molar-refractivity contribution >= 4 is 6.47 Å². The third kappa shape index (κ3) is 7.57. The maximum Gasteiger partial charge on any atom is 0.293 e. The first-order chi connectivity index (χ1) is 6.12. The molecule has 0 aromatic carbocycles. The lowest BCUT2D eigenvalue weighted by molar-refractivity contribution is -0.140. The van der Waals surface area contributed by atoms with Crippen molar-refractivity contribution in [2.24, 2.45) is 0 Å². The average Bonchev–Trinajstić information content (AvgIpc) is 2.04. The number of hydrogen-bond donors (Lipinski definition) is 0. The molecule has 0 unspecified atom stereocenters. The van der Waals surface area contributed by atoms with Gasteiger partial charge in [0.25, 0.3) is 6.47 Å². The molecule has 0 bridgehead atoms. The second-order valence-corrected chi connectivity index (χ2v) is 3.79. The van der Waals surface area contributed by atoms with Gasteiger partial charge in [-0.3, -0.25) is 4.79 Å². The molecular formula is C11H20O2. The lowest BCUT2D eigenvalue weighted by Gasteiger charge is -2.21. The maximum absolute atomic E-state index is 10.1. The zero-order valence-corrected chi connectivity index (χ0v) is 8.88. The quantitative estimate of drug-likeness (QED) is 0.345. The predicted octanol–water partition coefficient (Wildman–Crippen LogP) is 3.07. The third-order valence-corrected chi connectivity index (χ3v) is 2.00. The molecule has 0 aliphatic rings. The summed E-state index contributed by atoms with van der Waals surface area (Å²) >= 11 is 0. The van der Waals surface area contributed by atoms with Crippen LogP contribution < -0.4 is 0 Å². The maximum atomic E-state index is 10.1. The number of rotatable bonds is 7. The minimum absolute atomic E-state index is 0.294. The van der Waals surface area contributed by atoms with Crippen molar-refractivity contribution in [3.8, 4) is 0 Å². The lowest BCUT2D eigenvalue weighted by Crippen LogP contribution is -2.23. The van der Waals surface area contributed by atoms with Crippen molar-refractivity contribution in [2.75, 3.05) is 0 Å². The molecule has 0 aliphatic carbocycles. The first kappa shape index (κ1) is 12.2. The van der Waals surface area contributed by atoms with Crippen LogP contribution in [0, 0.1) is 0 Å². The van der Waals surface area contributed by atoms with Crippen LogP contribution in [0.2, 0.25) is 0 Å². The highest BCUT2D eigenvalue weighted by Gasteiger charge is 2.17. The SMILES string of the molecule is C/C=C/CCCCC(C)(C)OC=O. The molecule has 0 amide bonds. The van der Waals surface area contributed by atoms with Crippen LogP contribution in [0.5, 0.6) is 0 Å². The summed E-state index contributed by atoms with van der Waals surface area (Å²) in [5.41, 5.74) is -0.294. The Morgan fingerprint density at radius 1 is 1.31 bits per heavy atom. The highest BCUT2D eigenvalue weighted by atomic mass is 16.5. The number of carbonyl (C=O) groups is 1. The molecule has 13 heavy (non-hydrogen) atoms. The molecule has 0 rings (SSSR count). The standard InChI is InChI=1S/C11H20O2/c1-4-5-6-7-8-9-11(2,3)13-10-12/h4-5,10H,6-9H2,1-3H3/b5-4+. The van der Waals surface area contributed by atoms with E-state index in [1.807, 2.05) is 20.8 Å². The summed E-state index contributed by atoms with van der Waals surface area (Å²) < 4.78 is 4.94. The van der Waals surface area contributed by atoms with Crippen LogP contribution in [0.3, 0.4) is 0 Å². The second kappa shape index (κ2) is 6.70. The molecule has 0 saturated carbocycles. The Balaban J connectivity index is 3.45. The highest BCUT2D eigenvalue weighted by Crippen LogP contribution is 2.17. The summed E-state index contributed by atoms with van der Waals surface area (Å²) in [6.07, 6.45) is 8.54. The van der Waals surface area contributed by atoms with Gasteiger partial charge in [-0.05, 0) is 46.5 Å². The number of unbranched alkanes of at least 4 members (excludes halogenated alkanes) is 2. The number of hydrogen-bond acceptors (Lipinski definition) is 2. The van der Waals surface area contributed by atoms with Crippen LogP contribution in [-0.4, -0.2) is 12.1 Å². The average molecular weight is 184 g/mol. The molecule has 2 nitrogen and oxygen atoms in total. The fraction of sp³-hybridized carbons (Fsp3) is 0.727. The van der Waals surface area contributed by atoms with Crippen molar-refractivity contribution < 1.29 is 9.53 Å². The molecular weight excluding hydrogens is 164 g/mol. The summed E-state index contributed by atoms with van der Waals surface area (Å²) in [5.74, 6) is 0. The predicted molar refractivity (Wildman–Crippen MR) is 54.5 cm³/mol. The molecule has 0 aromatic rings. The number of carbonyl (C=O) groups excluding carboxylic acids is 1. The van der Waals surface area contributed by atoms with Crippen molar-refractivity contribution in [2.45, 2.75) is 52.1 Å². The van der Waals surface area contributed by atoms with Crippen LogP contribution in [0.25, 0.3) is 0 Å². The monoisotopic (exact) mass is 184 g/mol. The van der Waals surface area contributed by atoms with Gasteiger partial charge in [0.05, 0.1) is 0 Å². The fourth-order valence-electron chi connectivity index (χ4n) is 1.17. The molecule has 0 radical (unpaired) electrons. The smallest absolute Gasteiger partial charge is 0.293 e. The molecule has 0 atom stereocenters. The summed E-state index contributed by atoms with van der Waals surface area (Å²) in [5, 5.41) is 0. The Morgan fingerprint density at radius 2 is 2.00 bits per heavy atom. The van der Waals surface area contributed by atoms with E-state index in [-0.39, 0.29) is 5.60 Å². The minimum Gasteiger partial charge on any atom is -0.462 e. The van der Waals surface area contributed by atoms with E-state index in [2.05, 4.69) is 12.2 Å². The Kier molecular flexibility index (Phi) is 6.29. The van der Waals surface area contributed by atoms with E-state index in [1.54, 1.807) is 0 Å². The second-order valence-electron chi connectivity index (χ2n) is 3.79. The number of allylic oxidation sites excluding steroid dienone is 2. The van der Waals surface area contributed by atoms with E-state index in [9.17, 15) is 4.79 Å². The van der Waals surface area contributed by atoms with Gasteiger partial charge in [-0.1, -0.05) is 12.2 Å². The highest BCUT2D eigenvalue weighted by molar-refractivity contribution is 5.38. The van der Waals surface area contributed by atoms with Crippen LogP contribution in [0.1, 0.15) is 46.5 Å².